The van der Waals surface area contributed by atoms with E-state index in [4.69, 9.17) is 4.74 Å². The third-order valence-electron chi connectivity index (χ3n) is 6.11. The highest BCUT2D eigenvalue weighted by molar-refractivity contribution is 6.09. The minimum absolute atomic E-state index is 0.512. The van der Waals surface area contributed by atoms with Gasteiger partial charge in [-0.15, -0.1) is 0 Å². The van der Waals surface area contributed by atoms with Crippen LogP contribution in [0.4, 0.5) is 0 Å². The van der Waals surface area contributed by atoms with Crippen LogP contribution >= 0.6 is 0 Å². The zero-order valence-electron chi connectivity index (χ0n) is 15.9. The number of aliphatic hydroxyl groups excluding tert-OH is 1. The summed E-state index contributed by atoms with van der Waals surface area (Å²) in [5, 5.41) is 13.7. The van der Waals surface area contributed by atoms with E-state index < -0.39 is 6.10 Å². The van der Waals surface area contributed by atoms with Crippen molar-refractivity contribution < 1.29 is 9.84 Å². The summed E-state index contributed by atoms with van der Waals surface area (Å²) in [4.78, 5) is 0. The van der Waals surface area contributed by atoms with Gasteiger partial charge in [0, 0.05) is 16.7 Å². The van der Waals surface area contributed by atoms with E-state index in [0.717, 1.165) is 46.6 Å². The Morgan fingerprint density at radius 1 is 0.724 bits per heavy atom. The van der Waals surface area contributed by atoms with E-state index in [-0.39, 0.29) is 0 Å². The van der Waals surface area contributed by atoms with Gasteiger partial charge in [-0.25, -0.2) is 0 Å². The molecule has 0 amide bonds. The SMILES string of the molecule is O[C@@H]1CCc2ccc3ccccc3c2C1=C1c2ccccc2Oc2ccccc21. The van der Waals surface area contributed by atoms with E-state index in [1.165, 1.54) is 21.9 Å². The molecule has 140 valence electrons. The molecule has 2 aliphatic rings. The van der Waals surface area contributed by atoms with E-state index >= 15 is 0 Å². The van der Waals surface area contributed by atoms with Crippen molar-refractivity contribution in [2.75, 3.05) is 0 Å². The molecule has 0 saturated carbocycles. The maximum Gasteiger partial charge on any atom is 0.135 e. The van der Waals surface area contributed by atoms with Gasteiger partial charge in [-0.05, 0) is 52.4 Å². The van der Waals surface area contributed by atoms with Gasteiger partial charge in [-0.2, -0.15) is 0 Å². The second-order valence-electron chi connectivity index (χ2n) is 7.76. The first-order valence-corrected chi connectivity index (χ1v) is 10.1. The van der Waals surface area contributed by atoms with Crippen LogP contribution in [0.3, 0.4) is 0 Å². The Hall–Kier alpha value is -3.36. The van der Waals surface area contributed by atoms with Gasteiger partial charge < -0.3 is 9.84 Å². The quantitative estimate of drug-likeness (QED) is 0.348. The van der Waals surface area contributed by atoms with E-state index in [1.807, 2.05) is 36.4 Å². The van der Waals surface area contributed by atoms with E-state index in [1.54, 1.807) is 0 Å². The number of benzene rings is 4. The maximum atomic E-state index is 11.3. The molecule has 1 aliphatic carbocycles. The standard InChI is InChI=1S/C27H20O2/c28-22-16-15-18-14-13-17-7-1-2-8-19(17)25(18)27(22)26-20-9-3-5-11-23(20)29-24-12-6-4-10-21(24)26/h1-14,22,28H,15-16H2/t22-/m1/s1. The van der Waals surface area contributed by atoms with Crippen LogP contribution < -0.4 is 4.74 Å². The fourth-order valence-electron chi connectivity index (χ4n) is 4.82. The molecule has 29 heavy (non-hydrogen) atoms. The Morgan fingerprint density at radius 2 is 1.38 bits per heavy atom. The molecule has 1 heterocycles. The molecule has 0 bridgehead atoms. The smallest absolute Gasteiger partial charge is 0.135 e. The molecule has 1 atom stereocenters. The lowest BCUT2D eigenvalue weighted by Gasteiger charge is -2.32. The average Bonchev–Trinajstić information content (AvgIpc) is 2.78. The van der Waals surface area contributed by atoms with Crippen LogP contribution in [0.2, 0.25) is 0 Å². The Balaban J connectivity index is 1.78. The summed E-state index contributed by atoms with van der Waals surface area (Å²) in [6, 6.07) is 29.2. The van der Waals surface area contributed by atoms with Crippen LogP contribution in [0.5, 0.6) is 11.5 Å². The summed E-state index contributed by atoms with van der Waals surface area (Å²) in [6.45, 7) is 0. The normalized spacial score (nSPS) is 17.3. The fourth-order valence-corrected chi connectivity index (χ4v) is 4.82. The molecular formula is C27H20O2. The molecule has 0 fully saturated rings. The summed E-state index contributed by atoms with van der Waals surface area (Å²) in [5.74, 6) is 1.68. The van der Waals surface area contributed by atoms with Crippen LogP contribution in [0.15, 0.2) is 84.9 Å². The largest absolute Gasteiger partial charge is 0.456 e. The van der Waals surface area contributed by atoms with Crippen molar-refractivity contribution in [2.24, 2.45) is 0 Å². The molecule has 0 unspecified atom stereocenters. The first kappa shape index (κ1) is 16.6. The number of hydrogen-bond donors (Lipinski definition) is 1. The van der Waals surface area contributed by atoms with Crippen molar-refractivity contribution in [2.45, 2.75) is 18.9 Å². The second-order valence-corrected chi connectivity index (χ2v) is 7.76. The topological polar surface area (TPSA) is 29.5 Å². The number of ether oxygens (including phenoxy) is 1. The Labute approximate surface area is 169 Å². The molecule has 0 radical (unpaired) electrons. The fraction of sp³-hybridized carbons (Fsp3) is 0.111. The lowest BCUT2D eigenvalue weighted by Crippen LogP contribution is -2.20. The molecular weight excluding hydrogens is 356 g/mol. The average molecular weight is 376 g/mol. The highest BCUT2D eigenvalue weighted by Crippen LogP contribution is 2.50. The molecule has 2 heteroatoms. The van der Waals surface area contributed by atoms with Gasteiger partial charge in [0.1, 0.15) is 11.5 Å². The Morgan fingerprint density at radius 3 is 2.14 bits per heavy atom. The molecule has 2 nitrogen and oxygen atoms in total. The van der Waals surface area contributed by atoms with Crippen LogP contribution in [0, 0.1) is 0 Å². The third kappa shape index (κ3) is 2.46. The van der Waals surface area contributed by atoms with Gasteiger partial charge in [-0.3, -0.25) is 0 Å². The van der Waals surface area contributed by atoms with Crippen molar-refractivity contribution in [1.82, 2.24) is 0 Å². The van der Waals surface area contributed by atoms with E-state index in [0.29, 0.717) is 0 Å². The molecule has 0 aromatic heterocycles. The molecule has 1 N–H and O–H groups in total. The minimum Gasteiger partial charge on any atom is -0.456 e. The number of hydrogen-bond acceptors (Lipinski definition) is 2. The molecule has 0 spiro atoms. The summed E-state index contributed by atoms with van der Waals surface area (Å²) in [6.07, 6.45) is 1.11. The molecule has 4 aromatic carbocycles. The van der Waals surface area contributed by atoms with Gasteiger partial charge in [0.25, 0.3) is 0 Å². The van der Waals surface area contributed by atoms with Crippen LogP contribution in [-0.2, 0) is 6.42 Å². The van der Waals surface area contributed by atoms with Gasteiger partial charge in [0.05, 0.1) is 6.10 Å². The lowest BCUT2D eigenvalue weighted by molar-refractivity contribution is 0.219. The van der Waals surface area contributed by atoms with Crippen molar-refractivity contribution >= 4 is 21.9 Å². The number of aryl methyl sites for hydroxylation is 1. The highest BCUT2D eigenvalue weighted by Gasteiger charge is 2.32. The second kappa shape index (κ2) is 6.33. The van der Waals surface area contributed by atoms with Crippen molar-refractivity contribution in [3.8, 4) is 11.5 Å². The number of aliphatic hydroxyl groups is 1. The van der Waals surface area contributed by atoms with E-state index in [2.05, 4.69) is 48.5 Å². The summed E-state index contributed by atoms with van der Waals surface area (Å²) in [7, 11) is 0. The first-order chi connectivity index (χ1) is 14.3. The summed E-state index contributed by atoms with van der Waals surface area (Å²) < 4.78 is 6.19. The molecule has 4 aromatic rings. The van der Waals surface area contributed by atoms with Crippen LogP contribution in [-0.4, -0.2) is 11.2 Å². The van der Waals surface area contributed by atoms with Crippen LogP contribution in [0.25, 0.3) is 21.9 Å². The Bertz CT molecular complexity index is 1250. The van der Waals surface area contributed by atoms with E-state index in [9.17, 15) is 5.11 Å². The summed E-state index contributed by atoms with van der Waals surface area (Å²) in [5.41, 5.74) is 6.68. The van der Waals surface area contributed by atoms with Crippen molar-refractivity contribution in [3.05, 3.63) is 107 Å². The summed E-state index contributed by atoms with van der Waals surface area (Å²) >= 11 is 0. The zero-order valence-corrected chi connectivity index (χ0v) is 15.9. The first-order valence-electron chi connectivity index (χ1n) is 10.1. The number of rotatable bonds is 0. The minimum atomic E-state index is -0.512. The number of fused-ring (bicyclic) bond motifs is 5. The molecule has 6 rings (SSSR count). The van der Waals surface area contributed by atoms with Gasteiger partial charge in [0.15, 0.2) is 0 Å². The predicted molar refractivity (Wildman–Crippen MR) is 117 cm³/mol. The van der Waals surface area contributed by atoms with Gasteiger partial charge in [-0.1, -0.05) is 72.8 Å². The molecule has 0 saturated heterocycles. The maximum absolute atomic E-state index is 11.3. The van der Waals surface area contributed by atoms with Gasteiger partial charge in [0.2, 0.25) is 0 Å². The Kier molecular flexibility index (Phi) is 3.62. The van der Waals surface area contributed by atoms with Gasteiger partial charge >= 0.3 is 0 Å². The third-order valence-corrected chi connectivity index (χ3v) is 6.11. The zero-order chi connectivity index (χ0) is 19.4. The predicted octanol–water partition coefficient (Wildman–Crippen LogP) is 6.21. The monoisotopic (exact) mass is 376 g/mol. The molecule has 1 aliphatic heterocycles. The van der Waals surface area contributed by atoms with Crippen LogP contribution in [0.1, 0.15) is 28.7 Å². The van der Waals surface area contributed by atoms with Crippen molar-refractivity contribution in [3.63, 3.8) is 0 Å². The number of para-hydroxylation sites is 2. The lowest BCUT2D eigenvalue weighted by atomic mass is 9.76. The highest BCUT2D eigenvalue weighted by atomic mass is 16.5. The van der Waals surface area contributed by atoms with Crippen molar-refractivity contribution in [1.29, 1.82) is 0 Å².